The number of carbonyl (C=O) groups excluding carboxylic acids is 2. The number of hydrogen-bond donors (Lipinski definition) is 0. The molecule has 0 unspecified atom stereocenters. The van der Waals surface area contributed by atoms with Crippen LogP contribution in [0.25, 0.3) is 17.2 Å². The van der Waals surface area contributed by atoms with Crippen LogP contribution < -0.4 is 14.2 Å². The summed E-state index contributed by atoms with van der Waals surface area (Å²) in [6, 6.07) is 29.5. The molecule has 0 aromatic heterocycles. The summed E-state index contributed by atoms with van der Waals surface area (Å²) in [5.74, 6) is 0.224. The Bertz CT molecular complexity index is 1330. The molecule has 4 aromatic carbocycles. The summed E-state index contributed by atoms with van der Waals surface area (Å²) < 4.78 is 16.3. The first-order valence-corrected chi connectivity index (χ1v) is 11.0. The molecule has 174 valence electrons. The van der Waals surface area contributed by atoms with Gasteiger partial charge in [0.2, 0.25) is 0 Å². The Morgan fingerprint density at radius 3 is 1.86 bits per heavy atom. The Morgan fingerprint density at radius 2 is 1.20 bits per heavy atom. The molecule has 5 nitrogen and oxygen atoms in total. The molecule has 35 heavy (non-hydrogen) atoms. The summed E-state index contributed by atoms with van der Waals surface area (Å²) in [6.45, 7) is 0. The van der Waals surface area contributed by atoms with Crippen LogP contribution >= 0.6 is 0 Å². The number of hydrogen-bond acceptors (Lipinski definition) is 5. The number of para-hydroxylation sites is 1. The van der Waals surface area contributed by atoms with Crippen molar-refractivity contribution >= 4 is 17.8 Å². The smallest absolute Gasteiger partial charge is 0.351 e. The van der Waals surface area contributed by atoms with E-state index in [1.54, 1.807) is 60.7 Å². The molecule has 0 fully saturated rings. The van der Waals surface area contributed by atoms with Crippen LogP contribution in [-0.4, -0.2) is 26.0 Å². The van der Waals surface area contributed by atoms with Crippen LogP contribution in [0.15, 0.2) is 103 Å². The molecule has 5 heteroatoms. The Labute approximate surface area is 204 Å². The van der Waals surface area contributed by atoms with Crippen molar-refractivity contribution in [3.05, 3.63) is 120 Å². The van der Waals surface area contributed by atoms with E-state index in [4.69, 9.17) is 14.2 Å². The predicted octanol–water partition coefficient (Wildman–Crippen LogP) is 6.49. The molecule has 0 aliphatic rings. The molecule has 0 spiro atoms. The van der Waals surface area contributed by atoms with Crippen LogP contribution in [0.2, 0.25) is 0 Å². The van der Waals surface area contributed by atoms with Crippen LogP contribution in [0.4, 0.5) is 0 Å². The van der Waals surface area contributed by atoms with E-state index in [-0.39, 0.29) is 11.3 Å². The molecule has 0 amide bonds. The van der Waals surface area contributed by atoms with Crippen LogP contribution in [0.5, 0.6) is 17.2 Å². The second-order valence-electron chi connectivity index (χ2n) is 7.61. The van der Waals surface area contributed by atoms with E-state index >= 15 is 0 Å². The normalized spacial score (nSPS) is 10.7. The van der Waals surface area contributed by atoms with Crippen LogP contribution in [0.3, 0.4) is 0 Å². The summed E-state index contributed by atoms with van der Waals surface area (Å²) in [5, 5.41) is 0. The van der Waals surface area contributed by atoms with Gasteiger partial charge in [-0.25, -0.2) is 4.79 Å². The third kappa shape index (κ3) is 5.47. The third-order valence-corrected chi connectivity index (χ3v) is 5.44. The molecule has 0 atom stereocenters. The van der Waals surface area contributed by atoms with Crippen molar-refractivity contribution in [3.63, 3.8) is 0 Å². The van der Waals surface area contributed by atoms with Gasteiger partial charge in [0.15, 0.2) is 5.78 Å². The third-order valence-electron chi connectivity index (χ3n) is 5.44. The van der Waals surface area contributed by atoms with Gasteiger partial charge in [0.05, 0.1) is 14.2 Å². The van der Waals surface area contributed by atoms with Gasteiger partial charge in [-0.05, 0) is 41.5 Å². The molecular formula is C30H24O5. The van der Waals surface area contributed by atoms with Gasteiger partial charge >= 0.3 is 5.97 Å². The number of esters is 1. The van der Waals surface area contributed by atoms with Gasteiger partial charge in [0.25, 0.3) is 0 Å². The number of ketones is 1. The fourth-order valence-corrected chi connectivity index (χ4v) is 3.63. The summed E-state index contributed by atoms with van der Waals surface area (Å²) >= 11 is 0. The first kappa shape index (κ1) is 23.5. The zero-order chi connectivity index (χ0) is 24.6. The van der Waals surface area contributed by atoms with E-state index in [0.717, 1.165) is 11.1 Å². The highest BCUT2D eigenvalue weighted by atomic mass is 16.5. The summed E-state index contributed by atoms with van der Waals surface area (Å²) in [6.07, 6.45) is 3.10. The molecule has 0 N–H and O–H groups in total. The van der Waals surface area contributed by atoms with E-state index in [0.29, 0.717) is 28.4 Å². The fourth-order valence-electron chi connectivity index (χ4n) is 3.63. The number of allylic oxidation sites excluding steroid dienone is 1. The van der Waals surface area contributed by atoms with E-state index in [9.17, 15) is 9.59 Å². The topological polar surface area (TPSA) is 61.8 Å². The van der Waals surface area contributed by atoms with Gasteiger partial charge < -0.3 is 14.2 Å². The van der Waals surface area contributed by atoms with Crippen molar-refractivity contribution in [1.82, 2.24) is 0 Å². The lowest BCUT2D eigenvalue weighted by molar-refractivity contribution is 0.0727. The van der Waals surface area contributed by atoms with Crippen LogP contribution in [0, 0.1) is 0 Å². The van der Waals surface area contributed by atoms with Crippen molar-refractivity contribution in [3.8, 4) is 28.4 Å². The van der Waals surface area contributed by atoms with Crippen molar-refractivity contribution < 1.29 is 23.8 Å². The molecule has 0 aliphatic carbocycles. The maximum Gasteiger partial charge on any atom is 0.351 e. The molecule has 0 saturated carbocycles. The zero-order valence-electron chi connectivity index (χ0n) is 19.4. The average molecular weight is 465 g/mol. The van der Waals surface area contributed by atoms with Crippen molar-refractivity contribution in [2.75, 3.05) is 14.2 Å². The summed E-state index contributed by atoms with van der Waals surface area (Å²) in [4.78, 5) is 25.7. The van der Waals surface area contributed by atoms with Gasteiger partial charge in [-0.15, -0.1) is 0 Å². The summed E-state index contributed by atoms with van der Waals surface area (Å²) in [7, 11) is 2.94. The van der Waals surface area contributed by atoms with Crippen LogP contribution in [0.1, 0.15) is 26.3 Å². The quantitative estimate of drug-likeness (QED) is 0.129. The Hall–Kier alpha value is -4.64. The van der Waals surface area contributed by atoms with E-state index in [1.165, 1.54) is 20.3 Å². The van der Waals surface area contributed by atoms with Crippen LogP contribution in [-0.2, 0) is 0 Å². The van der Waals surface area contributed by atoms with E-state index in [2.05, 4.69) is 0 Å². The fraction of sp³-hybridized carbons (Fsp3) is 0.0667. The van der Waals surface area contributed by atoms with Gasteiger partial charge in [-0.3, -0.25) is 4.79 Å². The highest BCUT2D eigenvalue weighted by Gasteiger charge is 2.21. The average Bonchev–Trinajstić information content (AvgIpc) is 2.92. The number of benzene rings is 4. The first-order valence-electron chi connectivity index (χ1n) is 11.0. The summed E-state index contributed by atoms with van der Waals surface area (Å²) in [5.41, 5.74) is 3.46. The maximum atomic E-state index is 13.0. The maximum absolute atomic E-state index is 13.0. The Balaban J connectivity index is 1.52. The second kappa shape index (κ2) is 11.0. The molecule has 0 heterocycles. The minimum atomic E-state index is -0.622. The van der Waals surface area contributed by atoms with Crippen molar-refractivity contribution in [2.45, 2.75) is 0 Å². The molecule has 0 radical (unpaired) electrons. The minimum Gasteiger partial charge on any atom is -0.496 e. The van der Waals surface area contributed by atoms with E-state index in [1.807, 2.05) is 42.5 Å². The lowest BCUT2D eigenvalue weighted by Crippen LogP contribution is -2.12. The van der Waals surface area contributed by atoms with Crippen molar-refractivity contribution in [2.24, 2.45) is 0 Å². The molecule has 4 aromatic rings. The Kier molecular flexibility index (Phi) is 7.38. The zero-order valence-corrected chi connectivity index (χ0v) is 19.4. The molecule has 0 saturated heterocycles. The monoisotopic (exact) mass is 464 g/mol. The van der Waals surface area contributed by atoms with Gasteiger partial charge in [-0.1, -0.05) is 78.9 Å². The number of rotatable bonds is 8. The number of methoxy groups -OCH3 is 2. The largest absolute Gasteiger partial charge is 0.496 e. The lowest BCUT2D eigenvalue weighted by atomic mass is 10.0. The highest BCUT2D eigenvalue weighted by Crippen LogP contribution is 2.30. The second-order valence-corrected chi connectivity index (χ2v) is 7.61. The van der Waals surface area contributed by atoms with Gasteiger partial charge in [-0.2, -0.15) is 0 Å². The molecule has 4 rings (SSSR count). The first-order chi connectivity index (χ1) is 17.1. The lowest BCUT2D eigenvalue weighted by Gasteiger charge is -2.13. The number of ether oxygens (including phenoxy) is 3. The SMILES string of the molecule is COc1cccc(OC)c1C(=O)Oc1ccccc1C=CC(=O)c1ccc(-c2ccccc2)cc1. The molecule has 0 bridgehead atoms. The van der Waals surface area contributed by atoms with Gasteiger partial charge in [0, 0.05) is 11.1 Å². The standard InChI is InChI=1S/C30H24O5/c1-33-27-13-8-14-28(34-2)29(27)30(32)35-26-12-7-6-11-24(26)19-20-25(31)23-17-15-22(16-18-23)21-9-4-3-5-10-21/h3-20H,1-2H3. The van der Waals surface area contributed by atoms with Gasteiger partial charge in [0.1, 0.15) is 22.8 Å². The molecular weight excluding hydrogens is 440 g/mol. The predicted molar refractivity (Wildman–Crippen MR) is 136 cm³/mol. The number of carbonyl (C=O) groups is 2. The highest BCUT2D eigenvalue weighted by molar-refractivity contribution is 6.07. The molecule has 0 aliphatic heterocycles. The van der Waals surface area contributed by atoms with E-state index < -0.39 is 5.97 Å². The minimum absolute atomic E-state index is 0.155. The van der Waals surface area contributed by atoms with Crippen molar-refractivity contribution in [1.29, 1.82) is 0 Å². The Morgan fingerprint density at radius 1 is 0.629 bits per heavy atom.